The van der Waals surface area contributed by atoms with Crippen LogP contribution in [0.2, 0.25) is 0 Å². The van der Waals surface area contributed by atoms with Crippen molar-refractivity contribution in [1.29, 1.82) is 0 Å². The largest absolute Gasteiger partial charge is 0.265 e. The molecule has 14 rings (SSSR count). The zero-order valence-corrected chi connectivity index (χ0v) is 43.2. The van der Waals surface area contributed by atoms with Crippen molar-refractivity contribution in [3.8, 4) is 78.1 Å². The molecular formula is C68H46N8Ru. The molecule has 0 fully saturated rings. The van der Waals surface area contributed by atoms with Gasteiger partial charge >= 0.3 is 0 Å². The SMILES string of the molecule is [Ru].c1cc(-c2ccnc(-c3cc(-c4ccncc4)ccn3)c2)ccn1.c1ccc(-c2ccnc3c2ccc2c(-c4ccccc4)ccnc23)cc1.c1ccc(-c2ccnc3c2ccc2c(-c4ccccc4)ccnc23)cc1. The Labute approximate surface area is 458 Å². The number of hydrogen-bond acceptors (Lipinski definition) is 8. The number of aromatic nitrogens is 8. The van der Waals surface area contributed by atoms with E-state index in [9.17, 15) is 0 Å². The summed E-state index contributed by atoms with van der Waals surface area (Å²) in [7, 11) is 0. The molecule has 0 atom stereocenters. The average molecular weight is 1080 g/mol. The third kappa shape index (κ3) is 10.6. The first kappa shape index (κ1) is 49.4. The molecular weight excluding hydrogens is 1030 g/mol. The Morgan fingerprint density at radius 3 is 0.714 bits per heavy atom. The minimum atomic E-state index is 0. The standard InChI is InChI=1S/2C24H16N2.C20H14N4.Ru/c2*1-3-7-17(8-4-1)19-13-15-25-23-21(19)11-12-22-20(14-16-26-24(22)23)18-9-5-2-6-10-18;1-7-21-8-2-15(1)17-5-11-23-19(13-17)20-14-18(6-12-24-20)16-3-9-22-10-4-16;/h2*1-16H;1-14H;. The minimum Gasteiger partial charge on any atom is -0.265 e. The van der Waals surface area contributed by atoms with E-state index < -0.39 is 0 Å². The summed E-state index contributed by atoms with van der Waals surface area (Å²) >= 11 is 0. The van der Waals surface area contributed by atoms with Crippen molar-refractivity contribution in [1.82, 2.24) is 39.9 Å². The molecule has 0 radical (unpaired) electrons. The van der Waals surface area contributed by atoms with Gasteiger partial charge in [0.25, 0.3) is 0 Å². The maximum Gasteiger partial charge on any atom is 0.0970 e. The predicted molar refractivity (Wildman–Crippen MR) is 310 cm³/mol. The maximum atomic E-state index is 4.67. The number of hydrogen-bond donors (Lipinski definition) is 0. The van der Waals surface area contributed by atoms with Gasteiger partial charge in [0.1, 0.15) is 0 Å². The summed E-state index contributed by atoms with van der Waals surface area (Å²) in [4.78, 5) is 35.8. The Hall–Kier alpha value is -9.82. The summed E-state index contributed by atoms with van der Waals surface area (Å²) in [5.74, 6) is 0. The predicted octanol–water partition coefficient (Wildman–Crippen LogP) is 16.5. The molecule has 8 nitrogen and oxygen atoms in total. The molecule has 77 heavy (non-hydrogen) atoms. The van der Waals surface area contributed by atoms with Crippen LogP contribution < -0.4 is 0 Å². The van der Waals surface area contributed by atoms with Crippen molar-refractivity contribution < 1.29 is 19.5 Å². The van der Waals surface area contributed by atoms with E-state index in [1.807, 2.05) is 110 Å². The molecule has 0 unspecified atom stereocenters. The van der Waals surface area contributed by atoms with Gasteiger partial charge in [-0.15, -0.1) is 0 Å². The molecule has 366 valence electrons. The van der Waals surface area contributed by atoms with E-state index in [0.29, 0.717) is 0 Å². The minimum absolute atomic E-state index is 0. The zero-order chi connectivity index (χ0) is 50.9. The molecule has 0 saturated heterocycles. The van der Waals surface area contributed by atoms with Crippen LogP contribution in [0.25, 0.3) is 122 Å². The summed E-state index contributed by atoms with van der Waals surface area (Å²) < 4.78 is 0. The monoisotopic (exact) mass is 1080 g/mol. The van der Waals surface area contributed by atoms with Gasteiger partial charge in [0.05, 0.1) is 33.5 Å². The Balaban J connectivity index is 0.000000122. The van der Waals surface area contributed by atoms with Crippen molar-refractivity contribution in [2.75, 3.05) is 0 Å². The second-order valence-corrected chi connectivity index (χ2v) is 17.9. The van der Waals surface area contributed by atoms with Gasteiger partial charge in [0.15, 0.2) is 0 Å². The number of rotatable bonds is 7. The van der Waals surface area contributed by atoms with Crippen LogP contribution in [0, 0.1) is 0 Å². The second kappa shape index (κ2) is 23.2. The Bertz CT molecular complexity index is 3790. The quantitative estimate of drug-likeness (QED) is 0.115. The van der Waals surface area contributed by atoms with Gasteiger partial charge in [-0.25, -0.2) is 0 Å². The van der Waals surface area contributed by atoms with Gasteiger partial charge in [-0.3, -0.25) is 39.9 Å². The van der Waals surface area contributed by atoms with Crippen LogP contribution >= 0.6 is 0 Å². The normalized spacial score (nSPS) is 10.8. The van der Waals surface area contributed by atoms with Gasteiger partial charge in [0, 0.05) is 103 Å². The van der Waals surface area contributed by atoms with Gasteiger partial charge in [-0.2, -0.15) is 0 Å². The Kier molecular flexibility index (Phi) is 14.9. The van der Waals surface area contributed by atoms with E-state index in [4.69, 9.17) is 0 Å². The van der Waals surface area contributed by atoms with Crippen molar-refractivity contribution in [3.05, 3.63) is 280 Å². The summed E-state index contributed by atoms with van der Waals surface area (Å²) in [5, 5.41) is 4.51. The van der Waals surface area contributed by atoms with E-state index in [1.54, 1.807) is 24.8 Å². The van der Waals surface area contributed by atoms with Gasteiger partial charge in [0.2, 0.25) is 0 Å². The number of benzene rings is 6. The van der Waals surface area contributed by atoms with Crippen LogP contribution in [0.3, 0.4) is 0 Å². The van der Waals surface area contributed by atoms with Crippen LogP contribution in [-0.4, -0.2) is 39.9 Å². The average Bonchev–Trinajstić information content (AvgIpc) is 3.53. The number of nitrogens with zero attached hydrogens (tertiary/aromatic N) is 8. The molecule has 0 N–H and O–H groups in total. The molecule has 0 aliphatic heterocycles. The topological polar surface area (TPSA) is 103 Å². The second-order valence-electron chi connectivity index (χ2n) is 17.9. The summed E-state index contributed by atoms with van der Waals surface area (Å²) in [6.45, 7) is 0. The van der Waals surface area contributed by atoms with Crippen molar-refractivity contribution in [2.24, 2.45) is 0 Å². The molecule has 0 bridgehead atoms. The first-order valence-electron chi connectivity index (χ1n) is 25.0. The molecule has 0 saturated carbocycles. The first-order valence-corrected chi connectivity index (χ1v) is 25.0. The molecule has 0 aliphatic carbocycles. The molecule has 8 heterocycles. The summed E-state index contributed by atoms with van der Waals surface area (Å²) in [6, 6.07) is 74.7. The summed E-state index contributed by atoms with van der Waals surface area (Å²) in [5.41, 5.74) is 19.4. The molecule has 0 amide bonds. The van der Waals surface area contributed by atoms with E-state index >= 15 is 0 Å². The van der Waals surface area contributed by atoms with Gasteiger partial charge in [-0.1, -0.05) is 146 Å². The summed E-state index contributed by atoms with van der Waals surface area (Å²) in [6.07, 6.45) is 18.3. The molecule has 0 aliphatic rings. The van der Waals surface area contributed by atoms with E-state index in [1.165, 1.54) is 44.5 Å². The zero-order valence-electron chi connectivity index (χ0n) is 41.5. The van der Waals surface area contributed by atoms with E-state index in [2.05, 4.69) is 185 Å². The Morgan fingerprint density at radius 2 is 0.442 bits per heavy atom. The molecule has 9 heteroatoms. The van der Waals surface area contributed by atoms with Crippen molar-refractivity contribution >= 4 is 43.6 Å². The van der Waals surface area contributed by atoms with E-state index in [-0.39, 0.29) is 19.5 Å². The van der Waals surface area contributed by atoms with Crippen molar-refractivity contribution in [2.45, 2.75) is 0 Å². The van der Waals surface area contributed by atoms with Crippen LogP contribution in [0.1, 0.15) is 0 Å². The molecule has 0 spiro atoms. The molecule has 8 aromatic heterocycles. The fourth-order valence-corrected chi connectivity index (χ4v) is 9.72. The fraction of sp³-hybridized carbons (Fsp3) is 0. The van der Waals surface area contributed by atoms with Gasteiger partial charge in [-0.05, 0) is 140 Å². The number of pyridine rings is 8. The number of fused-ring (bicyclic) bond motifs is 6. The maximum absolute atomic E-state index is 4.67. The first-order chi connectivity index (χ1) is 37.7. The van der Waals surface area contributed by atoms with Crippen LogP contribution in [0.5, 0.6) is 0 Å². The van der Waals surface area contributed by atoms with Crippen LogP contribution in [0.15, 0.2) is 280 Å². The smallest absolute Gasteiger partial charge is 0.0970 e. The van der Waals surface area contributed by atoms with Crippen LogP contribution in [0.4, 0.5) is 0 Å². The van der Waals surface area contributed by atoms with Crippen molar-refractivity contribution in [3.63, 3.8) is 0 Å². The molecule has 14 aromatic rings. The fourth-order valence-electron chi connectivity index (χ4n) is 9.72. The van der Waals surface area contributed by atoms with Gasteiger partial charge < -0.3 is 0 Å². The third-order valence-corrected chi connectivity index (χ3v) is 13.4. The van der Waals surface area contributed by atoms with E-state index in [0.717, 1.165) is 77.3 Å². The van der Waals surface area contributed by atoms with Crippen LogP contribution in [-0.2, 0) is 19.5 Å². The Morgan fingerprint density at radius 1 is 0.195 bits per heavy atom. The molecule has 6 aromatic carbocycles. The third-order valence-electron chi connectivity index (χ3n) is 13.4.